The van der Waals surface area contributed by atoms with Crippen LogP contribution in [-0.4, -0.2) is 10.1 Å². The van der Waals surface area contributed by atoms with Gasteiger partial charge < -0.3 is 5.11 Å². The molecular formula is C6H7Cl2NO. The Bertz CT molecular complexity index is 187. The SMILES string of the molecule is Cl.OCc1ccc(Cl)nc1. The largest absolute Gasteiger partial charge is 0.392 e. The average Bonchev–Trinajstić information content (AvgIpc) is 1.90. The number of hydrogen-bond acceptors (Lipinski definition) is 2. The van der Waals surface area contributed by atoms with Crippen LogP contribution >= 0.6 is 24.0 Å². The molecule has 2 nitrogen and oxygen atoms in total. The fraction of sp³-hybridized carbons (Fsp3) is 0.167. The van der Waals surface area contributed by atoms with Crippen molar-refractivity contribution in [2.45, 2.75) is 6.61 Å². The summed E-state index contributed by atoms with van der Waals surface area (Å²) in [7, 11) is 0. The lowest BCUT2D eigenvalue weighted by molar-refractivity contribution is 0.281. The maximum absolute atomic E-state index is 8.55. The van der Waals surface area contributed by atoms with Crippen LogP contribution in [0.15, 0.2) is 18.3 Å². The van der Waals surface area contributed by atoms with Crippen molar-refractivity contribution in [3.8, 4) is 0 Å². The molecule has 10 heavy (non-hydrogen) atoms. The number of nitrogens with zero attached hydrogens (tertiary/aromatic N) is 1. The molecule has 0 spiro atoms. The molecule has 0 aromatic carbocycles. The van der Waals surface area contributed by atoms with E-state index in [1.165, 1.54) is 0 Å². The molecule has 0 aliphatic heterocycles. The number of halogens is 2. The quantitative estimate of drug-likeness (QED) is 0.666. The second-order valence-corrected chi connectivity index (χ2v) is 2.03. The fourth-order valence-corrected chi connectivity index (χ4v) is 0.612. The van der Waals surface area contributed by atoms with Crippen LogP contribution in [0, 0.1) is 0 Å². The smallest absolute Gasteiger partial charge is 0.129 e. The van der Waals surface area contributed by atoms with E-state index >= 15 is 0 Å². The van der Waals surface area contributed by atoms with Crippen molar-refractivity contribution >= 4 is 24.0 Å². The molecule has 0 saturated heterocycles. The first kappa shape index (κ1) is 9.69. The summed E-state index contributed by atoms with van der Waals surface area (Å²) < 4.78 is 0. The summed E-state index contributed by atoms with van der Waals surface area (Å²) in [4.78, 5) is 3.76. The van der Waals surface area contributed by atoms with E-state index in [1.54, 1.807) is 18.3 Å². The van der Waals surface area contributed by atoms with Crippen molar-refractivity contribution in [2.75, 3.05) is 0 Å². The Morgan fingerprint density at radius 1 is 1.50 bits per heavy atom. The summed E-state index contributed by atoms with van der Waals surface area (Å²) in [5.41, 5.74) is 0.777. The molecule has 0 unspecified atom stereocenters. The molecule has 1 heterocycles. The summed E-state index contributed by atoms with van der Waals surface area (Å²) in [5.74, 6) is 0. The Morgan fingerprint density at radius 3 is 2.60 bits per heavy atom. The molecule has 0 fully saturated rings. The molecule has 0 saturated carbocycles. The van der Waals surface area contributed by atoms with E-state index in [0.717, 1.165) is 5.56 Å². The average molecular weight is 180 g/mol. The van der Waals surface area contributed by atoms with Crippen LogP contribution in [0.3, 0.4) is 0 Å². The minimum atomic E-state index is 0. The van der Waals surface area contributed by atoms with E-state index in [9.17, 15) is 0 Å². The van der Waals surface area contributed by atoms with Gasteiger partial charge in [0, 0.05) is 6.20 Å². The number of pyridine rings is 1. The predicted octanol–water partition coefficient (Wildman–Crippen LogP) is 1.65. The van der Waals surface area contributed by atoms with Crippen molar-refractivity contribution in [1.29, 1.82) is 0 Å². The van der Waals surface area contributed by atoms with E-state index in [-0.39, 0.29) is 19.0 Å². The van der Waals surface area contributed by atoms with Crippen LogP contribution in [0.4, 0.5) is 0 Å². The number of aliphatic hydroxyl groups excluding tert-OH is 1. The van der Waals surface area contributed by atoms with Gasteiger partial charge in [0.2, 0.25) is 0 Å². The third-order valence-corrected chi connectivity index (χ3v) is 1.19. The standard InChI is InChI=1S/C6H6ClNO.ClH/c7-6-2-1-5(4-9)3-8-6;/h1-3,9H,4H2;1H. The van der Waals surface area contributed by atoms with Gasteiger partial charge in [-0.1, -0.05) is 17.7 Å². The van der Waals surface area contributed by atoms with Crippen LogP contribution in [0.1, 0.15) is 5.56 Å². The van der Waals surface area contributed by atoms with E-state index in [4.69, 9.17) is 16.7 Å². The second kappa shape index (κ2) is 4.50. The van der Waals surface area contributed by atoms with Crippen molar-refractivity contribution in [3.05, 3.63) is 29.0 Å². The first-order valence-electron chi connectivity index (χ1n) is 2.54. The number of hydrogen-bond donors (Lipinski definition) is 1. The zero-order valence-corrected chi connectivity index (χ0v) is 6.69. The zero-order chi connectivity index (χ0) is 6.69. The molecule has 1 N–H and O–H groups in total. The Balaban J connectivity index is 0.000000810. The molecule has 0 aliphatic carbocycles. The van der Waals surface area contributed by atoms with Gasteiger partial charge in [-0.25, -0.2) is 4.98 Å². The second-order valence-electron chi connectivity index (χ2n) is 1.65. The third kappa shape index (κ3) is 2.52. The molecule has 1 rings (SSSR count). The van der Waals surface area contributed by atoms with Gasteiger partial charge in [0.25, 0.3) is 0 Å². The highest BCUT2D eigenvalue weighted by Gasteiger charge is 1.88. The van der Waals surface area contributed by atoms with Gasteiger partial charge in [-0.3, -0.25) is 0 Å². The fourth-order valence-electron chi connectivity index (χ4n) is 0.500. The highest BCUT2D eigenvalue weighted by molar-refractivity contribution is 6.29. The maximum atomic E-state index is 8.55. The van der Waals surface area contributed by atoms with Gasteiger partial charge >= 0.3 is 0 Å². The van der Waals surface area contributed by atoms with Crippen LogP contribution in [-0.2, 0) is 6.61 Å². The van der Waals surface area contributed by atoms with Gasteiger partial charge in [-0.05, 0) is 11.6 Å². The molecule has 1 aromatic rings. The van der Waals surface area contributed by atoms with Crippen LogP contribution in [0.2, 0.25) is 5.15 Å². The van der Waals surface area contributed by atoms with E-state index < -0.39 is 0 Å². The Labute approximate surface area is 70.3 Å². The van der Waals surface area contributed by atoms with Crippen molar-refractivity contribution in [2.24, 2.45) is 0 Å². The molecule has 56 valence electrons. The van der Waals surface area contributed by atoms with Crippen molar-refractivity contribution in [3.63, 3.8) is 0 Å². The van der Waals surface area contributed by atoms with Gasteiger partial charge in [-0.2, -0.15) is 0 Å². The van der Waals surface area contributed by atoms with Gasteiger partial charge in [0.05, 0.1) is 6.61 Å². The highest BCUT2D eigenvalue weighted by Crippen LogP contribution is 2.04. The summed E-state index contributed by atoms with van der Waals surface area (Å²) >= 11 is 5.48. The van der Waals surface area contributed by atoms with Crippen molar-refractivity contribution in [1.82, 2.24) is 4.98 Å². The lowest BCUT2D eigenvalue weighted by Crippen LogP contribution is -1.82. The third-order valence-electron chi connectivity index (χ3n) is 0.971. The van der Waals surface area contributed by atoms with E-state index in [1.807, 2.05) is 0 Å². The summed E-state index contributed by atoms with van der Waals surface area (Å²) in [6.07, 6.45) is 1.54. The lowest BCUT2D eigenvalue weighted by Gasteiger charge is -1.91. The van der Waals surface area contributed by atoms with Crippen molar-refractivity contribution < 1.29 is 5.11 Å². The van der Waals surface area contributed by atoms with Crippen LogP contribution in [0.25, 0.3) is 0 Å². The molecule has 0 amide bonds. The van der Waals surface area contributed by atoms with Crippen LogP contribution < -0.4 is 0 Å². The predicted molar refractivity (Wildman–Crippen MR) is 42.4 cm³/mol. The minimum Gasteiger partial charge on any atom is -0.392 e. The van der Waals surface area contributed by atoms with Gasteiger partial charge in [0.15, 0.2) is 0 Å². The van der Waals surface area contributed by atoms with Gasteiger partial charge in [-0.15, -0.1) is 12.4 Å². The van der Waals surface area contributed by atoms with Gasteiger partial charge in [0.1, 0.15) is 5.15 Å². The molecule has 0 bridgehead atoms. The Hall–Kier alpha value is -0.310. The maximum Gasteiger partial charge on any atom is 0.129 e. The normalized spacial score (nSPS) is 8.60. The summed E-state index contributed by atoms with van der Waals surface area (Å²) in [5, 5.41) is 9.00. The molecule has 4 heteroatoms. The summed E-state index contributed by atoms with van der Waals surface area (Å²) in [6.45, 7) is 0.0180. The number of aromatic nitrogens is 1. The molecule has 1 aromatic heterocycles. The molecule has 0 atom stereocenters. The molecule has 0 aliphatic rings. The number of rotatable bonds is 1. The topological polar surface area (TPSA) is 33.1 Å². The molecule has 0 radical (unpaired) electrons. The monoisotopic (exact) mass is 179 g/mol. The lowest BCUT2D eigenvalue weighted by atomic mass is 10.3. The highest BCUT2D eigenvalue weighted by atomic mass is 35.5. The Kier molecular flexibility index (Phi) is 4.36. The van der Waals surface area contributed by atoms with Crippen LogP contribution in [0.5, 0.6) is 0 Å². The summed E-state index contributed by atoms with van der Waals surface area (Å²) in [6, 6.07) is 3.38. The minimum absolute atomic E-state index is 0. The molecular weight excluding hydrogens is 173 g/mol. The van der Waals surface area contributed by atoms with E-state index in [2.05, 4.69) is 4.98 Å². The number of aliphatic hydroxyl groups is 1. The Morgan fingerprint density at radius 2 is 2.20 bits per heavy atom. The van der Waals surface area contributed by atoms with E-state index in [0.29, 0.717) is 5.15 Å². The zero-order valence-electron chi connectivity index (χ0n) is 5.12. The first-order valence-corrected chi connectivity index (χ1v) is 2.92. The first-order chi connectivity index (χ1) is 4.33.